The molecular weight excluding hydrogens is 304 g/mol. The number of methoxy groups -OCH3 is 1. The molecule has 0 aliphatic carbocycles. The second-order valence-electron chi connectivity index (χ2n) is 5.67. The van der Waals surface area contributed by atoms with Crippen molar-refractivity contribution in [1.82, 2.24) is 0 Å². The first kappa shape index (κ1) is 17.5. The lowest BCUT2D eigenvalue weighted by molar-refractivity contribution is -0.115. The molecule has 0 fully saturated rings. The molecule has 0 aromatic heterocycles. The Morgan fingerprint density at radius 3 is 2.38 bits per heavy atom. The molecule has 0 atom stereocenters. The van der Waals surface area contributed by atoms with Gasteiger partial charge in [-0.25, -0.2) is 4.79 Å². The minimum atomic E-state index is -0.428. The molecule has 0 saturated carbocycles. The average molecular weight is 326 g/mol. The van der Waals surface area contributed by atoms with E-state index in [2.05, 4.69) is 21.4 Å². The Morgan fingerprint density at radius 2 is 1.71 bits per heavy atom. The third-order valence-electron chi connectivity index (χ3n) is 3.47. The molecule has 0 aliphatic rings. The van der Waals surface area contributed by atoms with Gasteiger partial charge in [-0.2, -0.15) is 0 Å². The summed E-state index contributed by atoms with van der Waals surface area (Å²) in [5.41, 5.74) is 4.36. The van der Waals surface area contributed by atoms with E-state index in [1.54, 1.807) is 24.3 Å². The number of benzene rings is 2. The van der Waals surface area contributed by atoms with Crippen LogP contribution in [0.25, 0.3) is 0 Å². The standard InChI is InChI=1S/C19H22N2O3/c1-13-9-14(2)11-17(10-13)20-8-7-18(22)21-16-6-4-5-15(12-16)19(23)24-3/h4-6,9-12,20H,7-8H2,1-3H3,(H,21,22). The maximum atomic E-state index is 12.0. The predicted molar refractivity (Wildman–Crippen MR) is 95.4 cm³/mol. The Kier molecular flexibility index (Phi) is 5.95. The number of carbonyl (C=O) groups is 2. The molecule has 1 amide bonds. The highest BCUT2D eigenvalue weighted by atomic mass is 16.5. The monoisotopic (exact) mass is 326 g/mol. The molecule has 0 bridgehead atoms. The fourth-order valence-electron chi connectivity index (χ4n) is 2.46. The highest BCUT2D eigenvalue weighted by Crippen LogP contribution is 2.14. The zero-order valence-electron chi connectivity index (χ0n) is 14.2. The molecule has 0 spiro atoms. The zero-order valence-corrected chi connectivity index (χ0v) is 14.2. The lowest BCUT2D eigenvalue weighted by Gasteiger charge is -2.10. The molecule has 0 radical (unpaired) electrons. The summed E-state index contributed by atoms with van der Waals surface area (Å²) in [6, 6.07) is 12.9. The maximum absolute atomic E-state index is 12.0. The zero-order chi connectivity index (χ0) is 17.5. The molecule has 5 heteroatoms. The van der Waals surface area contributed by atoms with Crippen LogP contribution in [-0.4, -0.2) is 25.5 Å². The van der Waals surface area contributed by atoms with Crippen molar-refractivity contribution < 1.29 is 14.3 Å². The summed E-state index contributed by atoms with van der Waals surface area (Å²) in [4.78, 5) is 23.5. The molecule has 126 valence electrons. The van der Waals surface area contributed by atoms with E-state index in [0.29, 0.717) is 24.2 Å². The maximum Gasteiger partial charge on any atom is 0.337 e. The number of hydrogen-bond donors (Lipinski definition) is 2. The normalized spacial score (nSPS) is 10.1. The largest absolute Gasteiger partial charge is 0.465 e. The molecule has 2 aromatic carbocycles. The van der Waals surface area contributed by atoms with Gasteiger partial charge in [-0.05, 0) is 55.3 Å². The van der Waals surface area contributed by atoms with Gasteiger partial charge < -0.3 is 15.4 Å². The fraction of sp³-hybridized carbons (Fsp3) is 0.263. The summed E-state index contributed by atoms with van der Waals surface area (Å²) in [5.74, 6) is -0.545. The van der Waals surface area contributed by atoms with Crippen LogP contribution in [0, 0.1) is 13.8 Å². The Bertz CT molecular complexity index is 721. The molecule has 2 rings (SSSR count). The van der Waals surface area contributed by atoms with Crippen LogP contribution in [-0.2, 0) is 9.53 Å². The van der Waals surface area contributed by atoms with Gasteiger partial charge in [-0.1, -0.05) is 12.1 Å². The van der Waals surface area contributed by atoms with Crippen molar-refractivity contribution in [3.63, 3.8) is 0 Å². The quantitative estimate of drug-likeness (QED) is 0.797. The first-order chi connectivity index (χ1) is 11.5. The number of anilines is 2. The highest BCUT2D eigenvalue weighted by Gasteiger charge is 2.07. The number of esters is 1. The first-order valence-corrected chi connectivity index (χ1v) is 7.78. The Hall–Kier alpha value is -2.82. The summed E-state index contributed by atoms with van der Waals surface area (Å²) < 4.78 is 4.67. The first-order valence-electron chi connectivity index (χ1n) is 7.78. The molecule has 5 nitrogen and oxygen atoms in total. The van der Waals surface area contributed by atoms with Gasteiger partial charge in [-0.15, -0.1) is 0 Å². The van der Waals surface area contributed by atoms with Crippen LogP contribution >= 0.6 is 0 Å². The third kappa shape index (κ3) is 5.12. The van der Waals surface area contributed by atoms with Crippen LogP contribution in [0.2, 0.25) is 0 Å². The molecule has 0 heterocycles. The van der Waals surface area contributed by atoms with Crippen molar-refractivity contribution in [3.8, 4) is 0 Å². The SMILES string of the molecule is COC(=O)c1cccc(NC(=O)CCNc2cc(C)cc(C)c2)c1. The van der Waals surface area contributed by atoms with Gasteiger partial charge in [0.1, 0.15) is 0 Å². The van der Waals surface area contributed by atoms with Crippen molar-refractivity contribution >= 4 is 23.3 Å². The predicted octanol–water partition coefficient (Wildman–Crippen LogP) is 3.53. The van der Waals surface area contributed by atoms with Crippen LogP contribution in [0.3, 0.4) is 0 Å². The Morgan fingerprint density at radius 1 is 1.00 bits per heavy atom. The molecule has 2 N–H and O–H groups in total. The van der Waals surface area contributed by atoms with Gasteiger partial charge in [0, 0.05) is 24.3 Å². The van der Waals surface area contributed by atoms with Crippen LogP contribution in [0.4, 0.5) is 11.4 Å². The van der Waals surface area contributed by atoms with Crippen LogP contribution in [0.1, 0.15) is 27.9 Å². The summed E-state index contributed by atoms with van der Waals surface area (Å²) in [5, 5.41) is 6.03. The molecule has 0 saturated heterocycles. The minimum absolute atomic E-state index is 0.117. The van der Waals surface area contributed by atoms with Gasteiger partial charge >= 0.3 is 5.97 Å². The number of nitrogens with one attached hydrogen (secondary N) is 2. The van der Waals surface area contributed by atoms with Crippen molar-refractivity contribution in [2.45, 2.75) is 20.3 Å². The Balaban J connectivity index is 1.86. The van der Waals surface area contributed by atoms with Crippen LogP contribution in [0.5, 0.6) is 0 Å². The third-order valence-corrected chi connectivity index (χ3v) is 3.47. The van der Waals surface area contributed by atoms with Crippen molar-refractivity contribution in [2.75, 3.05) is 24.3 Å². The second kappa shape index (κ2) is 8.15. The fourth-order valence-corrected chi connectivity index (χ4v) is 2.46. The molecule has 0 unspecified atom stereocenters. The van der Waals surface area contributed by atoms with Gasteiger partial charge in [0.2, 0.25) is 5.91 Å². The van der Waals surface area contributed by atoms with E-state index in [1.165, 1.54) is 18.2 Å². The number of amides is 1. The summed E-state index contributed by atoms with van der Waals surface area (Å²) in [6.07, 6.45) is 0.329. The van der Waals surface area contributed by atoms with Crippen molar-refractivity contribution in [2.24, 2.45) is 0 Å². The number of hydrogen-bond acceptors (Lipinski definition) is 4. The highest BCUT2D eigenvalue weighted by molar-refractivity contribution is 5.94. The van der Waals surface area contributed by atoms with Crippen LogP contribution in [0.15, 0.2) is 42.5 Å². The smallest absolute Gasteiger partial charge is 0.337 e. The van der Waals surface area contributed by atoms with E-state index in [9.17, 15) is 9.59 Å². The van der Waals surface area contributed by atoms with Crippen LogP contribution < -0.4 is 10.6 Å². The lowest BCUT2D eigenvalue weighted by atomic mass is 10.1. The minimum Gasteiger partial charge on any atom is -0.465 e. The summed E-state index contributed by atoms with van der Waals surface area (Å²) in [6.45, 7) is 4.61. The van der Waals surface area contributed by atoms with Gasteiger partial charge in [0.25, 0.3) is 0 Å². The van der Waals surface area contributed by atoms with E-state index < -0.39 is 5.97 Å². The van der Waals surface area contributed by atoms with E-state index in [1.807, 2.05) is 26.0 Å². The Labute approximate surface area is 142 Å². The average Bonchev–Trinajstić information content (AvgIpc) is 2.53. The molecule has 24 heavy (non-hydrogen) atoms. The number of ether oxygens (including phenoxy) is 1. The van der Waals surface area contributed by atoms with Gasteiger partial charge in [0.15, 0.2) is 0 Å². The number of carbonyl (C=O) groups excluding carboxylic acids is 2. The topological polar surface area (TPSA) is 67.4 Å². The van der Waals surface area contributed by atoms with E-state index >= 15 is 0 Å². The van der Waals surface area contributed by atoms with E-state index in [4.69, 9.17) is 0 Å². The van der Waals surface area contributed by atoms with Crippen molar-refractivity contribution in [3.05, 3.63) is 59.2 Å². The number of rotatable bonds is 6. The van der Waals surface area contributed by atoms with Gasteiger partial charge in [-0.3, -0.25) is 4.79 Å². The summed E-state index contributed by atoms with van der Waals surface area (Å²) in [7, 11) is 1.33. The van der Waals surface area contributed by atoms with Gasteiger partial charge in [0.05, 0.1) is 12.7 Å². The molecule has 0 aliphatic heterocycles. The van der Waals surface area contributed by atoms with E-state index in [-0.39, 0.29) is 5.91 Å². The molecule has 2 aromatic rings. The number of aryl methyl sites for hydroxylation is 2. The lowest BCUT2D eigenvalue weighted by Crippen LogP contribution is -2.16. The van der Waals surface area contributed by atoms with E-state index in [0.717, 1.165) is 5.69 Å². The summed E-state index contributed by atoms with van der Waals surface area (Å²) >= 11 is 0. The second-order valence-corrected chi connectivity index (χ2v) is 5.67. The molecular formula is C19H22N2O3. The van der Waals surface area contributed by atoms with Crippen molar-refractivity contribution in [1.29, 1.82) is 0 Å².